The van der Waals surface area contributed by atoms with Crippen molar-refractivity contribution in [3.63, 3.8) is 0 Å². The predicted octanol–water partition coefficient (Wildman–Crippen LogP) is 4.07. The predicted molar refractivity (Wildman–Crippen MR) is 84.6 cm³/mol. The molecule has 1 aliphatic rings. The first-order valence-electron chi connectivity index (χ1n) is 8.46. The Morgan fingerprint density at radius 2 is 2.05 bits per heavy atom. The second kappa shape index (κ2) is 7.82. The van der Waals surface area contributed by atoms with Crippen LogP contribution in [0.25, 0.3) is 0 Å². The summed E-state index contributed by atoms with van der Waals surface area (Å²) in [5.74, 6) is 1.78. The Hall–Kier alpha value is -0.830. The van der Waals surface area contributed by atoms with E-state index in [1.165, 1.54) is 50.5 Å². The number of hydrogen-bond acceptors (Lipinski definition) is 2. The van der Waals surface area contributed by atoms with E-state index in [-0.39, 0.29) is 0 Å². The molecule has 0 bridgehead atoms. The molecule has 1 fully saturated rings. The van der Waals surface area contributed by atoms with Crippen molar-refractivity contribution in [3.8, 4) is 0 Å². The molecule has 0 aliphatic heterocycles. The number of aryl methyl sites for hydroxylation is 1. The van der Waals surface area contributed by atoms with E-state index >= 15 is 0 Å². The van der Waals surface area contributed by atoms with Gasteiger partial charge in [-0.25, -0.2) is 0 Å². The molecule has 3 nitrogen and oxygen atoms in total. The maximum absolute atomic E-state index is 4.35. The summed E-state index contributed by atoms with van der Waals surface area (Å²) in [6.07, 6.45) is 14.0. The third-order valence-electron chi connectivity index (χ3n) is 4.84. The van der Waals surface area contributed by atoms with Gasteiger partial charge < -0.3 is 5.32 Å². The van der Waals surface area contributed by atoms with E-state index in [4.69, 9.17) is 0 Å². The summed E-state index contributed by atoms with van der Waals surface area (Å²) in [6, 6.07) is 0.501. The third kappa shape index (κ3) is 4.08. The van der Waals surface area contributed by atoms with Crippen molar-refractivity contribution >= 4 is 0 Å². The maximum atomic E-state index is 4.35. The molecule has 0 saturated heterocycles. The van der Waals surface area contributed by atoms with Gasteiger partial charge in [0.2, 0.25) is 0 Å². The summed E-state index contributed by atoms with van der Waals surface area (Å²) in [4.78, 5) is 0. The normalized spacial score (nSPS) is 24.8. The number of unbranched alkanes of at least 4 members (excludes halogenated alkanes) is 1. The zero-order valence-electron chi connectivity index (χ0n) is 13.4. The second-order valence-electron chi connectivity index (χ2n) is 6.41. The zero-order valence-corrected chi connectivity index (χ0v) is 13.4. The number of aromatic nitrogens is 2. The van der Waals surface area contributed by atoms with E-state index in [0.717, 1.165) is 18.4 Å². The van der Waals surface area contributed by atoms with E-state index in [1.54, 1.807) is 0 Å². The average Bonchev–Trinajstić information content (AvgIpc) is 2.89. The van der Waals surface area contributed by atoms with Crippen LogP contribution in [0.5, 0.6) is 0 Å². The highest BCUT2D eigenvalue weighted by molar-refractivity contribution is 5.12. The molecule has 1 aliphatic carbocycles. The average molecular weight is 277 g/mol. The van der Waals surface area contributed by atoms with Crippen LogP contribution in [-0.4, -0.2) is 16.3 Å². The molecule has 3 heteroatoms. The largest absolute Gasteiger partial charge is 0.310 e. The molecule has 1 aromatic rings. The lowest BCUT2D eigenvalue weighted by molar-refractivity contribution is 0.214. The van der Waals surface area contributed by atoms with Gasteiger partial charge >= 0.3 is 0 Å². The molecule has 0 amide bonds. The van der Waals surface area contributed by atoms with Crippen molar-refractivity contribution in [1.29, 1.82) is 0 Å². The molecule has 2 rings (SSSR count). The summed E-state index contributed by atoms with van der Waals surface area (Å²) in [7, 11) is 2.01. The first-order chi connectivity index (χ1) is 9.74. The molecule has 20 heavy (non-hydrogen) atoms. The lowest BCUT2D eigenvalue weighted by atomic mass is 9.75. The molecular formula is C17H31N3. The minimum atomic E-state index is 0.501. The Morgan fingerprint density at radius 1 is 1.30 bits per heavy atom. The molecule has 1 N–H and O–H groups in total. The van der Waals surface area contributed by atoms with Crippen LogP contribution < -0.4 is 5.32 Å². The third-order valence-corrected chi connectivity index (χ3v) is 4.84. The number of nitrogens with one attached hydrogen (secondary N) is 1. The van der Waals surface area contributed by atoms with Gasteiger partial charge in [0, 0.05) is 24.8 Å². The molecule has 0 radical (unpaired) electrons. The molecular weight excluding hydrogens is 246 g/mol. The highest BCUT2D eigenvalue weighted by Gasteiger charge is 2.28. The zero-order chi connectivity index (χ0) is 14.4. The minimum Gasteiger partial charge on any atom is -0.310 e. The van der Waals surface area contributed by atoms with Crippen molar-refractivity contribution in [1.82, 2.24) is 15.1 Å². The quantitative estimate of drug-likeness (QED) is 0.814. The van der Waals surface area contributed by atoms with E-state index in [0.29, 0.717) is 6.04 Å². The van der Waals surface area contributed by atoms with Crippen LogP contribution in [0.15, 0.2) is 12.4 Å². The van der Waals surface area contributed by atoms with E-state index in [1.807, 2.05) is 17.9 Å². The summed E-state index contributed by atoms with van der Waals surface area (Å²) in [5.41, 5.74) is 1.37. The molecule has 0 aromatic carbocycles. The van der Waals surface area contributed by atoms with Crippen LogP contribution in [0.1, 0.15) is 70.4 Å². The highest BCUT2D eigenvalue weighted by atomic mass is 15.2. The Bertz CT molecular complexity index is 377. The Balaban J connectivity index is 1.91. The Kier molecular flexibility index (Phi) is 6.08. The lowest BCUT2D eigenvalue weighted by Gasteiger charge is -2.34. The van der Waals surface area contributed by atoms with Crippen molar-refractivity contribution in [2.24, 2.45) is 18.9 Å². The van der Waals surface area contributed by atoms with Gasteiger partial charge in [0.1, 0.15) is 0 Å². The molecule has 1 saturated carbocycles. The summed E-state index contributed by atoms with van der Waals surface area (Å²) in [6.45, 7) is 5.54. The van der Waals surface area contributed by atoms with Gasteiger partial charge in [-0.1, -0.05) is 46.0 Å². The van der Waals surface area contributed by atoms with Crippen LogP contribution in [0, 0.1) is 11.8 Å². The highest BCUT2D eigenvalue weighted by Crippen LogP contribution is 2.38. The second-order valence-corrected chi connectivity index (χ2v) is 6.41. The number of hydrogen-bond donors (Lipinski definition) is 1. The fourth-order valence-corrected chi connectivity index (χ4v) is 3.68. The van der Waals surface area contributed by atoms with Gasteiger partial charge in [0.05, 0.1) is 6.20 Å². The van der Waals surface area contributed by atoms with Gasteiger partial charge in [-0.15, -0.1) is 0 Å². The van der Waals surface area contributed by atoms with Gasteiger partial charge in [0.15, 0.2) is 0 Å². The maximum Gasteiger partial charge on any atom is 0.0537 e. The first kappa shape index (κ1) is 15.6. The summed E-state index contributed by atoms with van der Waals surface area (Å²) >= 11 is 0. The van der Waals surface area contributed by atoms with E-state index in [2.05, 4.69) is 30.5 Å². The van der Waals surface area contributed by atoms with Gasteiger partial charge in [-0.2, -0.15) is 5.10 Å². The van der Waals surface area contributed by atoms with Crippen LogP contribution in [0.3, 0.4) is 0 Å². The van der Waals surface area contributed by atoms with Crippen molar-refractivity contribution in [3.05, 3.63) is 18.0 Å². The van der Waals surface area contributed by atoms with Gasteiger partial charge in [-0.3, -0.25) is 4.68 Å². The van der Waals surface area contributed by atoms with E-state index in [9.17, 15) is 0 Å². The van der Waals surface area contributed by atoms with E-state index < -0.39 is 0 Å². The first-order valence-corrected chi connectivity index (χ1v) is 8.46. The van der Waals surface area contributed by atoms with Gasteiger partial charge in [-0.05, 0) is 31.2 Å². The Labute approximate surface area is 124 Å². The fourth-order valence-electron chi connectivity index (χ4n) is 3.68. The monoisotopic (exact) mass is 277 g/mol. The van der Waals surface area contributed by atoms with Crippen LogP contribution >= 0.6 is 0 Å². The van der Waals surface area contributed by atoms with Crippen molar-refractivity contribution in [2.75, 3.05) is 6.54 Å². The molecule has 1 aromatic heterocycles. The molecule has 114 valence electrons. The van der Waals surface area contributed by atoms with Crippen molar-refractivity contribution in [2.45, 2.75) is 64.8 Å². The van der Waals surface area contributed by atoms with Crippen molar-refractivity contribution < 1.29 is 0 Å². The molecule has 1 unspecified atom stereocenters. The smallest absolute Gasteiger partial charge is 0.0537 e. The van der Waals surface area contributed by atoms with Crippen LogP contribution in [-0.2, 0) is 7.05 Å². The minimum absolute atomic E-state index is 0.501. The van der Waals surface area contributed by atoms with Crippen LogP contribution in [0.4, 0.5) is 0 Å². The van der Waals surface area contributed by atoms with Gasteiger partial charge in [0.25, 0.3) is 0 Å². The summed E-state index contributed by atoms with van der Waals surface area (Å²) in [5, 5.41) is 8.03. The molecule has 1 atom stereocenters. The van der Waals surface area contributed by atoms with Crippen LogP contribution in [0.2, 0.25) is 0 Å². The standard InChI is InChI=1S/C17H31N3/c1-4-6-7-14-8-10-15(11-9-14)17(18-5-2)16-12-19-20(3)13-16/h12-15,17-18H,4-11H2,1-3H3. The topological polar surface area (TPSA) is 29.9 Å². The fraction of sp³-hybridized carbons (Fsp3) is 0.824. The number of nitrogens with zero attached hydrogens (tertiary/aromatic N) is 2. The number of rotatable bonds is 7. The SMILES string of the molecule is CCCCC1CCC(C(NCC)c2cnn(C)c2)CC1. The molecule has 1 heterocycles. The molecule has 0 spiro atoms. The summed E-state index contributed by atoms with van der Waals surface area (Å²) < 4.78 is 1.92. The Morgan fingerprint density at radius 3 is 2.60 bits per heavy atom. The lowest BCUT2D eigenvalue weighted by Crippen LogP contribution is -2.30.